The Hall–Kier alpha value is -3.35. The van der Waals surface area contributed by atoms with Gasteiger partial charge in [-0.2, -0.15) is 0 Å². The van der Waals surface area contributed by atoms with Gasteiger partial charge in [0.1, 0.15) is 5.52 Å². The molecule has 1 aromatic heterocycles. The van der Waals surface area contributed by atoms with Gasteiger partial charge in [-0.1, -0.05) is 6.07 Å². The maximum absolute atomic E-state index is 12.7. The zero-order valence-corrected chi connectivity index (χ0v) is 13.6. The van der Waals surface area contributed by atoms with Gasteiger partial charge < -0.3 is 19.8 Å². The van der Waals surface area contributed by atoms with Crippen molar-refractivity contribution in [1.29, 1.82) is 0 Å². The second-order valence-electron chi connectivity index (χ2n) is 5.80. The molecule has 1 aliphatic rings. The molecule has 0 saturated carbocycles. The highest BCUT2D eigenvalue weighted by Crippen LogP contribution is 2.33. The van der Waals surface area contributed by atoms with Crippen molar-refractivity contribution in [1.82, 2.24) is 4.98 Å². The van der Waals surface area contributed by atoms with Gasteiger partial charge >= 0.3 is 0 Å². The van der Waals surface area contributed by atoms with Gasteiger partial charge in [0.2, 0.25) is 0 Å². The molecule has 7 heteroatoms. The third-order valence-corrected chi connectivity index (χ3v) is 3.93. The van der Waals surface area contributed by atoms with Crippen LogP contribution in [0.1, 0.15) is 23.2 Å². The van der Waals surface area contributed by atoms with Gasteiger partial charge in [0.25, 0.3) is 11.8 Å². The fourth-order valence-electron chi connectivity index (χ4n) is 2.72. The first-order valence-electron chi connectivity index (χ1n) is 7.80. The lowest BCUT2D eigenvalue weighted by atomic mass is 10.1. The maximum atomic E-state index is 12.7. The van der Waals surface area contributed by atoms with E-state index in [1.165, 1.54) is 0 Å². The van der Waals surface area contributed by atoms with Gasteiger partial charge in [-0.15, -0.1) is 0 Å². The van der Waals surface area contributed by atoms with Gasteiger partial charge in [-0.3, -0.25) is 9.59 Å². The number of aromatic nitrogens is 1. The minimum absolute atomic E-state index is 0.240. The fraction of sp³-hybridized carbons (Fsp3) is 0.167. The summed E-state index contributed by atoms with van der Waals surface area (Å²) < 4.78 is 11.1. The number of hydrogen-bond donors (Lipinski definition) is 2. The van der Waals surface area contributed by atoms with Crippen molar-refractivity contribution >= 4 is 34.3 Å². The average Bonchev–Trinajstić information content (AvgIpc) is 2.94. The Morgan fingerprint density at radius 2 is 2.12 bits per heavy atom. The molecule has 1 atom stereocenters. The molecule has 4 rings (SSSR count). The molecule has 2 heterocycles. The topological polar surface area (TPSA) is 93.5 Å². The van der Waals surface area contributed by atoms with Gasteiger partial charge in [-0.05, 0) is 31.2 Å². The minimum Gasteiger partial charge on any atom is -0.478 e. The number of oxazole rings is 1. The molecule has 1 aliphatic heterocycles. The largest absolute Gasteiger partial charge is 0.478 e. The molecular formula is C18H15N3O4. The number of nitrogens with zero attached hydrogens (tertiary/aromatic N) is 1. The van der Waals surface area contributed by atoms with Crippen LogP contribution in [0.2, 0.25) is 0 Å². The summed E-state index contributed by atoms with van der Waals surface area (Å²) in [5, 5.41) is 5.54. The molecule has 3 aromatic rings. The molecule has 0 radical (unpaired) electrons. The van der Waals surface area contributed by atoms with E-state index < -0.39 is 6.10 Å². The van der Waals surface area contributed by atoms with Crippen molar-refractivity contribution in [3.05, 3.63) is 47.9 Å². The van der Waals surface area contributed by atoms with E-state index in [4.69, 9.17) is 9.15 Å². The SMILES string of the molecule is Cc1nc2ccc(NC(=O)c3cccc4c3O[C@H](C)C(=O)N4)cc2o1. The first-order chi connectivity index (χ1) is 12.0. The van der Waals surface area contributed by atoms with Gasteiger partial charge in [0.05, 0.1) is 11.3 Å². The Bertz CT molecular complexity index is 1010. The van der Waals surface area contributed by atoms with E-state index in [0.29, 0.717) is 34.2 Å². The quantitative estimate of drug-likeness (QED) is 0.749. The lowest BCUT2D eigenvalue weighted by Crippen LogP contribution is -2.35. The number of ether oxygens (including phenoxy) is 1. The highest BCUT2D eigenvalue weighted by atomic mass is 16.5. The van der Waals surface area contributed by atoms with Crippen LogP contribution in [0, 0.1) is 6.92 Å². The Balaban J connectivity index is 1.64. The number of rotatable bonds is 2. The standard InChI is InChI=1S/C18H15N3O4/c1-9-17(22)21-14-5-3-4-12(16(14)24-9)18(23)20-11-6-7-13-15(8-11)25-10(2)19-13/h3-9H,1-2H3,(H,20,23)(H,21,22)/t9-/m1/s1. The van der Waals surface area contributed by atoms with E-state index in [1.54, 1.807) is 50.2 Å². The number of benzene rings is 2. The number of carbonyl (C=O) groups excluding carboxylic acids is 2. The average molecular weight is 337 g/mol. The van der Waals surface area contributed by atoms with E-state index in [-0.39, 0.29) is 11.8 Å². The summed E-state index contributed by atoms with van der Waals surface area (Å²) in [5.74, 6) is 0.351. The number of aryl methyl sites for hydroxylation is 1. The lowest BCUT2D eigenvalue weighted by molar-refractivity contribution is -0.122. The summed E-state index contributed by atoms with van der Waals surface area (Å²) in [6, 6.07) is 10.3. The highest BCUT2D eigenvalue weighted by molar-refractivity contribution is 6.09. The summed E-state index contributed by atoms with van der Waals surface area (Å²) in [6.45, 7) is 3.40. The summed E-state index contributed by atoms with van der Waals surface area (Å²) in [6.07, 6.45) is -0.657. The summed E-state index contributed by atoms with van der Waals surface area (Å²) in [4.78, 5) is 28.6. The number of hydrogen-bond acceptors (Lipinski definition) is 5. The third-order valence-electron chi connectivity index (χ3n) is 3.93. The van der Waals surface area contributed by atoms with E-state index in [9.17, 15) is 9.59 Å². The molecule has 126 valence electrons. The molecule has 0 saturated heterocycles. The van der Waals surface area contributed by atoms with Crippen LogP contribution in [0.4, 0.5) is 11.4 Å². The van der Waals surface area contributed by atoms with Crippen LogP contribution in [0.25, 0.3) is 11.1 Å². The monoisotopic (exact) mass is 337 g/mol. The fourth-order valence-corrected chi connectivity index (χ4v) is 2.72. The lowest BCUT2D eigenvalue weighted by Gasteiger charge is -2.25. The maximum Gasteiger partial charge on any atom is 0.265 e. The third kappa shape index (κ3) is 2.69. The van der Waals surface area contributed by atoms with E-state index in [2.05, 4.69) is 15.6 Å². The van der Waals surface area contributed by atoms with Crippen LogP contribution in [0.5, 0.6) is 5.75 Å². The molecule has 0 aliphatic carbocycles. The van der Waals surface area contributed by atoms with Crippen molar-refractivity contribution in [2.24, 2.45) is 0 Å². The first kappa shape index (κ1) is 15.2. The molecule has 25 heavy (non-hydrogen) atoms. The predicted octanol–water partition coefficient (Wildman–Crippen LogP) is 3.11. The molecule has 0 bridgehead atoms. The van der Waals surface area contributed by atoms with Crippen LogP contribution in [0.3, 0.4) is 0 Å². The predicted molar refractivity (Wildman–Crippen MR) is 91.9 cm³/mol. The molecule has 0 fully saturated rings. The van der Waals surface area contributed by atoms with Crippen molar-refractivity contribution in [2.75, 3.05) is 10.6 Å². The normalized spacial score (nSPS) is 16.1. The van der Waals surface area contributed by atoms with Crippen molar-refractivity contribution in [3.8, 4) is 5.75 Å². The van der Waals surface area contributed by atoms with Crippen molar-refractivity contribution < 1.29 is 18.7 Å². The van der Waals surface area contributed by atoms with Crippen molar-refractivity contribution in [2.45, 2.75) is 20.0 Å². The molecule has 2 amide bonds. The summed E-state index contributed by atoms with van der Waals surface area (Å²) >= 11 is 0. The van der Waals surface area contributed by atoms with Gasteiger partial charge in [0.15, 0.2) is 23.3 Å². The number of para-hydroxylation sites is 1. The second kappa shape index (κ2) is 5.62. The molecular weight excluding hydrogens is 322 g/mol. The minimum atomic E-state index is -0.657. The number of anilines is 2. The Morgan fingerprint density at radius 1 is 1.28 bits per heavy atom. The van der Waals surface area contributed by atoms with Crippen LogP contribution in [0.15, 0.2) is 40.8 Å². The molecule has 0 unspecified atom stereocenters. The molecule has 2 N–H and O–H groups in total. The highest BCUT2D eigenvalue weighted by Gasteiger charge is 2.27. The molecule has 7 nitrogen and oxygen atoms in total. The van der Waals surface area contributed by atoms with Crippen LogP contribution >= 0.6 is 0 Å². The summed E-state index contributed by atoms with van der Waals surface area (Å²) in [5.41, 5.74) is 2.74. The number of amides is 2. The zero-order chi connectivity index (χ0) is 17.6. The number of carbonyl (C=O) groups is 2. The summed E-state index contributed by atoms with van der Waals surface area (Å²) in [7, 11) is 0. The van der Waals surface area contributed by atoms with Crippen LogP contribution < -0.4 is 15.4 Å². The number of nitrogens with one attached hydrogen (secondary N) is 2. The first-order valence-corrected chi connectivity index (χ1v) is 7.80. The zero-order valence-electron chi connectivity index (χ0n) is 13.6. The number of fused-ring (bicyclic) bond motifs is 2. The van der Waals surface area contributed by atoms with E-state index in [0.717, 1.165) is 5.52 Å². The Labute approximate surface area is 143 Å². The smallest absolute Gasteiger partial charge is 0.265 e. The van der Waals surface area contributed by atoms with E-state index >= 15 is 0 Å². The van der Waals surface area contributed by atoms with Crippen molar-refractivity contribution in [3.63, 3.8) is 0 Å². The molecule has 0 spiro atoms. The van der Waals surface area contributed by atoms with Crippen LogP contribution in [-0.2, 0) is 4.79 Å². The van der Waals surface area contributed by atoms with E-state index in [1.807, 2.05) is 0 Å². The van der Waals surface area contributed by atoms with Gasteiger partial charge in [-0.25, -0.2) is 4.98 Å². The Kier molecular flexibility index (Phi) is 3.42. The van der Waals surface area contributed by atoms with Gasteiger partial charge in [0, 0.05) is 18.7 Å². The molecule has 2 aromatic carbocycles. The van der Waals surface area contributed by atoms with Crippen LogP contribution in [-0.4, -0.2) is 22.9 Å². The Morgan fingerprint density at radius 3 is 2.96 bits per heavy atom. The second-order valence-corrected chi connectivity index (χ2v) is 5.80.